The number of Topliss-reactive ketones (excluding diaryl/α,β-unsaturated/α-hetero) is 1. The number of carbonyl (C=O) groups is 1. The van der Waals surface area contributed by atoms with Crippen molar-refractivity contribution in [3.05, 3.63) is 23.8 Å². The molecule has 2 bridgehead atoms. The van der Waals surface area contributed by atoms with E-state index in [9.17, 15) is 4.79 Å². The van der Waals surface area contributed by atoms with E-state index in [1.165, 1.54) is 5.57 Å². The fraction of sp³-hybridized carbons (Fsp3) is 0.615. The Morgan fingerprint density at radius 2 is 1.93 bits per heavy atom. The highest BCUT2D eigenvalue weighted by Crippen LogP contribution is 2.47. The van der Waals surface area contributed by atoms with Gasteiger partial charge in [-0.3, -0.25) is 4.79 Å². The molecule has 0 N–H and O–H groups in total. The zero-order chi connectivity index (χ0) is 10.5. The Morgan fingerprint density at radius 3 is 2.43 bits per heavy atom. The van der Waals surface area contributed by atoms with Crippen LogP contribution in [-0.2, 0) is 4.79 Å². The van der Waals surface area contributed by atoms with E-state index in [4.69, 9.17) is 0 Å². The molecule has 14 heavy (non-hydrogen) atoms. The molecule has 0 aromatic heterocycles. The van der Waals surface area contributed by atoms with Gasteiger partial charge in [0.15, 0.2) is 0 Å². The van der Waals surface area contributed by atoms with Crippen LogP contribution in [0.25, 0.3) is 0 Å². The molecule has 1 nitrogen and oxygen atoms in total. The summed E-state index contributed by atoms with van der Waals surface area (Å²) >= 11 is 0. The molecule has 0 fully saturated rings. The van der Waals surface area contributed by atoms with E-state index in [-0.39, 0.29) is 11.3 Å². The lowest BCUT2D eigenvalue weighted by Crippen LogP contribution is -2.44. The number of fused-ring (bicyclic) bond motifs is 1. The number of hydrogen-bond acceptors (Lipinski definition) is 1. The second-order valence-corrected chi connectivity index (χ2v) is 5.30. The van der Waals surface area contributed by atoms with E-state index in [0.29, 0.717) is 17.6 Å². The summed E-state index contributed by atoms with van der Waals surface area (Å²) in [7, 11) is 0. The average Bonchev–Trinajstić information content (AvgIpc) is 2.13. The first-order valence-corrected chi connectivity index (χ1v) is 5.39. The number of carbonyl (C=O) groups excluding carboxylic acids is 1. The fourth-order valence-corrected chi connectivity index (χ4v) is 2.66. The largest absolute Gasteiger partial charge is 0.298 e. The van der Waals surface area contributed by atoms with Crippen molar-refractivity contribution in [1.29, 1.82) is 0 Å². The Morgan fingerprint density at radius 1 is 1.29 bits per heavy atom. The lowest BCUT2D eigenvalue weighted by Gasteiger charge is -2.43. The highest BCUT2D eigenvalue weighted by Gasteiger charge is 2.46. The minimum Gasteiger partial charge on any atom is -0.298 e. The van der Waals surface area contributed by atoms with Crippen LogP contribution in [0.1, 0.15) is 27.7 Å². The van der Waals surface area contributed by atoms with Crippen LogP contribution in [0.5, 0.6) is 0 Å². The van der Waals surface area contributed by atoms with E-state index in [1.54, 1.807) is 0 Å². The third kappa shape index (κ3) is 1.11. The molecule has 0 aromatic rings. The Labute approximate surface area is 85.9 Å². The average molecular weight is 190 g/mol. The molecule has 1 heteroatoms. The molecule has 0 radical (unpaired) electrons. The first kappa shape index (κ1) is 9.70. The van der Waals surface area contributed by atoms with Gasteiger partial charge < -0.3 is 0 Å². The van der Waals surface area contributed by atoms with Crippen molar-refractivity contribution in [2.75, 3.05) is 0 Å². The SMILES string of the molecule is CC(C)C1=CC2C=CC1C(C)(C)C2=O. The highest BCUT2D eigenvalue weighted by molar-refractivity contribution is 5.93. The van der Waals surface area contributed by atoms with Crippen molar-refractivity contribution < 1.29 is 4.79 Å². The van der Waals surface area contributed by atoms with Crippen molar-refractivity contribution in [2.45, 2.75) is 27.7 Å². The van der Waals surface area contributed by atoms with Crippen LogP contribution in [-0.4, -0.2) is 5.78 Å². The molecule has 0 amide bonds. The van der Waals surface area contributed by atoms with Crippen molar-refractivity contribution >= 4 is 5.78 Å². The van der Waals surface area contributed by atoms with E-state index >= 15 is 0 Å². The van der Waals surface area contributed by atoms with Crippen LogP contribution in [0.15, 0.2) is 23.8 Å². The highest BCUT2D eigenvalue weighted by atomic mass is 16.1. The van der Waals surface area contributed by atoms with Crippen LogP contribution >= 0.6 is 0 Å². The first-order chi connectivity index (χ1) is 6.44. The summed E-state index contributed by atoms with van der Waals surface area (Å²) in [4.78, 5) is 12.0. The Balaban J connectivity index is 2.47. The lowest BCUT2D eigenvalue weighted by molar-refractivity contribution is -0.131. The number of rotatable bonds is 1. The molecular formula is C13H18O. The molecule has 2 unspecified atom stereocenters. The molecule has 0 heterocycles. The Hall–Kier alpha value is -0.850. The van der Waals surface area contributed by atoms with Gasteiger partial charge in [0, 0.05) is 11.3 Å². The van der Waals surface area contributed by atoms with Gasteiger partial charge in [0.25, 0.3) is 0 Å². The minimum absolute atomic E-state index is 0.0485. The summed E-state index contributed by atoms with van der Waals surface area (Å²) in [6.07, 6.45) is 6.45. The van der Waals surface area contributed by atoms with Crippen molar-refractivity contribution in [2.24, 2.45) is 23.2 Å². The standard InChI is InChI=1S/C13H18O/c1-8(2)10-7-9-5-6-11(10)13(3,4)12(9)14/h5-9,11H,1-4H3. The van der Waals surface area contributed by atoms with Gasteiger partial charge in [0.05, 0.1) is 5.92 Å². The van der Waals surface area contributed by atoms with Gasteiger partial charge in [-0.1, -0.05) is 51.5 Å². The summed E-state index contributed by atoms with van der Waals surface area (Å²) in [5.74, 6) is 1.32. The Kier molecular flexibility index (Phi) is 1.95. The molecule has 3 aliphatic rings. The number of hydrogen-bond donors (Lipinski definition) is 0. The van der Waals surface area contributed by atoms with E-state index in [1.807, 2.05) is 0 Å². The second-order valence-electron chi connectivity index (χ2n) is 5.30. The first-order valence-electron chi connectivity index (χ1n) is 5.39. The monoisotopic (exact) mass is 190 g/mol. The third-order valence-electron chi connectivity index (χ3n) is 3.62. The fourth-order valence-electron chi connectivity index (χ4n) is 2.66. The summed E-state index contributed by atoms with van der Waals surface area (Å²) < 4.78 is 0. The molecule has 3 rings (SSSR count). The predicted molar refractivity (Wildman–Crippen MR) is 57.8 cm³/mol. The molecule has 0 saturated carbocycles. The van der Waals surface area contributed by atoms with Crippen LogP contribution in [0.4, 0.5) is 0 Å². The summed E-state index contributed by atoms with van der Waals surface area (Å²) in [6, 6.07) is 0. The lowest BCUT2D eigenvalue weighted by atomic mass is 9.59. The third-order valence-corrected chi connectivity index (χ3v) is 3.62. The summed E-state index contributed by atoms with van der Waals surface area (Å²) in [5, 5.41) is 0. The number of ketones is 1. The maximum absolute atomic E-state index is 12.0. The van der Waals surface area contributed by atoms with E-state index < -0.39 is 0 Å². The van der Waals surface area contributed by atoms with Crippen LogP contribution < -0.4 is 0 Å². The van der Waals surface area contributed by atoms with Gasteiger partial charge in [0.2, 0.25) is 0 Å². The molecule has 0 aromatic carbocycles. The molecule has 3 aliphatic carbocycles. The molecule has 2 atom stereocenters. The molecule has 0 spiro atoms. The van der Waals surface area contributed by atoms with E-state index in [0.717, 1.165) is 0 Å². The quantitative estimate of drug-likeness (QED) is 0.581. The molecule has 0 aliphatic heterocycles. The number of allylic oxidation sites excluding steroid dienone is 4. The predicted octanol–water partition coefficient (Wildman–Crippen LogP) is 2.98. The van der Waals surface area contributed by atoms with Gasteiger partial charge in [-0.05, 0) is 5.92 Å². The summed E-state index contributed by atoms with van der Waals surface area (Å²) in [5.41, 5.74) is 1.26. The van der Waals surface area contributed by atoms with Crippen molar-refractivity contribution in [3.8, 4) is 0 Å². The normalized spacial score (nSPS) is 33.8. The second kappa shape index (κ2) is 2.82. The zero-order valence-corrected chi connectivity index (χ0v) is 9.37. The maximum atomic E-state index is 12.0. The van der Waals surface area contributed by atoms with Crippen LogP contribution in [0.3, 0.4) is 0 Å². The van der Waals surface area contributed by atoms with Gasteiger partial charge in [-0.15, -0.1) is 0 Å². The molecule has 76 valence electrons. The zero-order valence-electron chi connectivity index (χ0n) is 9.37. The topological polar surface area (TPSA) is 17.1 Å². The van der Waals surface area contributed by atoms with Gasteiger partial charge in [0.1, 0.15) is 5.78 Å². The van der Waals surface area contributed by atoms with Gasteiger partial charge >= 0.3 is 0 Å². The Bertz CT molecular complexity index is 331. The molecular weight excluding hydrogens is 172 g/mol. The van der Waals surface area contributed by atoms with Crippen LogP contribution in [0, 0.1) is 23.2 Å². The minimum atomic E-state index is -0.187. The smallest absolute Gasteiger partial charge is 0.149 e. The molecule has 0 saturated heterocycles. The van der Waals surface area contributed by atoms with Crippen LogP contribution in [0.2, 0.25) is 0 Å². The van der Waals surface area contributed by atoms with Crippen molar-refractivity contribution in [3.63, 3.8) is 0 Å². The van der Waals surface area contributed by atoms with Gasteiger partial charge in [-0.2, -0.15) is 0 Å². The van der Waals surface area contributed by atoms with Gasteiger partial charge in [-0.25, -0.2) is 0 Å². The van der Waals surface area contributed by atoms with Crippen molar-refractivity contribution in [1.82, 2.24) is 0 Å². The summed E-state index contributed by atoms with van der Waals surface area (Å²) in [6.45, 7) is 8.57. The maximum Gasteiger partial charge on any atom is 0.149 e. The van der Waals surface area contributed by atoms with E-state index in [2.05, 4.69) is 45.9 Å².